The summed E-state index contributed by atoms with van der Waals surface area (Å²) in [7, 11) is 0. The van der Waals surface area contributed by atoms with Crippen molar-refractivity contribution < 1.29 is 4.79 Å². The van der Waals surface area contributed by atoms with E-state index in [1.54, 1.807) is 18.2 Å². The molecule has 0 bridgehead atoms. The van der Waals surface area contributed by atoms with Crippen LogP contribution in [0.15, 0.2) is 18.2 Å². The zero-order valence-electron chi connectivity index (χ0n) is 8.80. The van der Waals surface area contributed by atoms with Crippen molar-refractivity contribution in [2.75, 3.05) is 5.32 Å². The van der Waals surface area contributed by atoms with E-state index in [-0.39, 0.29) is 5.91 Å². The van der Waals surface area contributed by atoms with E-state index in [0.29, 0.717) is 28.1 Å². The van der Waals surface area contributed by atoms with Crippen molar-refractivity contribution in [1.82, 2.24) is 0 Å². The van der Waals surface area contributed by atoms with Crippen molar-refractivity contribution in [2.24, 2.45) is 5.92 Å². The minimum absolute atomic E-state index is 0.0221. The van der Waals surface area contributed by atoms with E-state index in [4.69, 9.17) is 23.2 Å². The fourth-order valence-electron chi connectivity index (χ4n) is 1.76. The zero-order chi connectivity index (χ0) is 11.5. The highest BCUT2D eigenvalue weighted by atomic mass is 35.5. The number of hydrogen-bond donors (Lipinski definition) is 1. The lowest BCUT2D eigenvalue weighted by atomic mass is 9.83. The molecule has 0 unspecified atom stereocenters. The molecular weight excluding hydrogens is 245 g/mol. The van der Waals surface area contributed by atoms with E-state index in [9.17, 15) is 4.79 Å². The summed E-state index contributed by atoms with van der Waals surface area (Å²) in [5.41, 5.74) is 0.596. The molecule has 4 heteroatoms. The van der Waals surface area contributed by atoms with Gasteiger partial charge in [0.15, 0.2) is 0 Å². The van der Waals surface area contributed by atoms with Gasteiger partial charge in [-0.25, -0.2) is 0 Å². The second-order valence-corrected chi connectivity index (χ2v) is 4.94. The number of anilines is 1. The Morgan fingerprint density at radius 1 is 1.38 bits per heavy atom. The molecule has 1 saturated carbocycles. The minimum atomic E-state index is 0.0221. The molecule has 16 heavy (non-hydrogen) atoms. The van der Waals surface area contributed by atoms with Crippen LogP contribution in [0, 0.1) is 5.92 Å². The topological polar surface area (TPSA) is 29.1 Å². The van der Waals surface area contributed by atoms with E-state index < -0.39 is 0 Å². The van der Waals surface area contributed by atoms with Gasteiger partial charge >= 0.3 is 0 Å². The highest BCUT2D eigenvalue weighted by Gasteiger charge is 2.21. The predicted octanol–water partition coefficient (Wildman–Crippen LogP) is 4.12. The monoisotopic (exact) mass is 257 g/mol. The van der Waals surface area contributed by atoms with Crippen molar-refractivity contribution in [1.29, 1.82) is 0 Å². The van der Waals surface area contributed by atoms with Crippen LogP contribution in [0.4, 0.5) is 5.69 Å². The Kier molecular flexibility index (Phi) is 3.72. The SMILES string of the molecule is O=C(CC1CCC1)Nc1cccc(Cl)c1Cl. The lowest BCUT2D eigenvalue weighted by molar-refractivity contribution is -0.117. The van der Waals surface area contributed by atoms with Gasteiger partial charge in [0.2, 0.25) is 5.91 Å². The van der Waals surface area contributed by atoms with Crippen molar-refractivity contribution >= 4 is 34.8 Å². The first-order valence-electron chi connectivity index (χ1n) is 5.40. The minimum Gasteiger partial charge on any atom is -0.325 e. The summed E-state index contributed by atoms with van der Waals surface area (Å²) >= 11 is 11.8. The summed E-state index contributed by atoms with van der Waals surface area (Å²) < 4.78 is 0. The van der Waals surface area contributed by atoms with E-state index >= 15 is 0 Å². The molecule has 1 aromatic rings. The van der Waals surface area contributed by atoms with Gasteiger partial charge in [-0.2, -0.15) is 0 Å². The largest absolute Gasteiger partial charge is 0.325 e. The summed E-state index contributed by atoms with van der Waals surface area (Å²) in [5.74, 6) is 0.576. The molecule has 1 fully saturated rings. The lowest BCUT2D eigenvalue weighted by Gasteiger charge is -2.24. The Bertz CT molecular complexity index is 402. The molecule has 2 nitrogen and oxygen atoms in total. The third kappa shape index (κ3) is 2.69. The van der Waals surface area contributed by atoms with Crippen molar-refractivity contribution in [3.05, 3.63) is 28.2 Å². The van der Waals surface area contributed by atoms with Gasteiger partial charge < -0.3 is 5.32 Å². The number of amides is 1. The number of hydrogen-bond acceptors (Lipinski definition) is 1. The predicted molar refractivity (Wildman–Crippen MR) is 67.0 cm³/mol. The Morgan fingerprint density at radius 3 is 2.75 bits per heavy atom. The molecule has 0 atom stereocenters. The molecule has 1 aliphatic rings. The van der Waals surface area contributed by atoms with Crippen LogP contribution >= 0.6 is 23.2 Å². The molecule has 2 rings (SSSR count). The number of benzene rings is 1. The van der Waals surface area contributed by atoms with Crippen LogP contribution in [0.3, 0.4) is 0 Å². The standard InChI is InChI=1S/C12H13Cl2NO/c13-9-5-2-6-10(12(9)14)15-11(16)7-8-3-1-4-8/h2,5-6,8H,1,3-4,7H2,(H,15,16). The number of rotatable bonds is 3. The van der Waals surface area contributed by atoms with Crippen LogP contribution in [0.1, 0.15) is 25.7 Å². The van der Waals surface area contributed by atoms with E-state index in [1.807, 2.05) is 0 Å². The average molecular weight is 258 g/mol. The van der Waals surface area contributed by atoms with Crippen molar-refractivity contribution in [3.8, 4) is 0 Å². The van der Waals surface area contributed by atoms with E-state index in [1.165, 1.54) is 6.42 Å². The first-order chi connectivity index (χ1) is 7.66. The normalized spacial score (nSPS) is 15.6. The number of nitrogens with one attached hydrogen (secondary N) is 1. The number of carbonyl (C=O) groups excluding carboxylic acids is 1. The summed E-state index contributed by atoms with van der Waals surface area (Å²) in [6, 6.07) is 5.23. The molecule has 0 aromatic heterocycles. The van der Waals surface area contributed by atoms with Gasteiger partial charge in [0.1, 0.15) is 0 Å². The van der Waals surface area contributed by atoms with Gasteiger partial charge in [0, 0.05) is 6.42 Å². The summed E-state index contributed by atoms with van der Waals surface area (Å²) in [4.78, 5) is 11.7. The van der Waals surface area contributed by atoms with Crippen LogP contribution in [0.25, 0.3) is 0 Å². The van der Waals surface area contributed by atoms with Gasteiger partial charge in [0.05, 0.1) is 15.7 Å². The Balaban J connectivity index is 1.97. The Morgan fingerprint density at radius 2 is 2.12 bits per heavy atom. The Hall–Kier alpha value is -0.730. The van der Waals surface area contributed by atoms with Crippen molar-refractivity contribution in [3.63, 3.8) is 0 Å². The molecule has 0 saturated heterocycles. The van der Waals surface area contributed by atoms with Gasteiger partial charge in [-0.1, -0.05) is 35.7 Å². The highest BCUT2D eigenvalue weighted by Crippen LogP contribution is 2.32. The third-order valence-corrected chi connectivity index (χ3v) is 3.74. The smallest absolute Gasteiger partial charge is 0.224 e. The zero-order valence-corrected chi connectivity index (χ0v) is 10.3. The van der Waals surface area contributed by atoms with Crippen LogP contribution < -0.4 is 5.32 Å². The second kappa shape index (κ2) is 5.07. The molecule has 0 radical (unpaired) electrons. The van der Waals surface area contributed by atoms with Gasteiger partial charge in [0.25, 0.3) is 0 Å². The molecule has 1 amide bonds. The molecule has 1 N–H and O–H groups in total. The second-order valence-electron chi connectivity index (χ2n) is 4.15. The average Bonchev–Trinajstić information content (AvgIpc) is 2.19. The quantitative estimate of drug-likeness (QED) is 0.867. The summed E-state index contributed by atoms with van der Waals surface area (Å²) in [5, 5.41) is 3.66. The number of carbonyl (C=O) groups is 1. The highest BCUT2D eigenvalue weighted by molar-refractivity contribution is 6.43. The third-order valence-electron chi connectivity index (χ3n) is 2.92. The molecule has 86 valence electrons. The van der Waals surface area contributed by atoms with Crippen molar-refractivity contribution in [2.45, 2.75) is 25.7 Å². The fraction of sp³-hybridized carbons (Fsp3) is 0.417. The van der Waals surface area contributed by atoms with Gasteiger partial charge in [-0.15, -0.1) is 0 Å². The van der Waals surface area contributed by atoms with E-state index in [0.717, 1.165) is 12.8 Å². The molecule has 0 heterocycles. The Labute approximate surface area is 105 Å². The maximum atomic E-state index is 11.7. The summed E-state index contributed by atoms with van der Waals surface area (Å²) in [6.07, 6.45) is 4.16. The maximum Gasteiger partial charge on any atom is 0.224 e. The van der Waals surface area contributed by atoms with Crippen LogP contribution in [0.5, 0.6) is 0 Å². The molecule has 1 aromatic carbocycles. The fourth-order valence-corrected chi connectivity index (χ4v) is 2.11. The van der Waals surface area contributed by atoms with Gasteiger partial charge in [-0.05, 0) is 30.9 Å². The molecule has 1 aliphatic carbocycles. The molecule has 0 aliphatic heterocycles. The van der Waals surface area contributed by atoms with Crippen LogP contribution in [-0.4, -0.2) is 5.91 Å². The first kappa shape index (κ1) is 11.7. The van der Waals surface area contributed by atoms with Gasteiger partial charge in [-0.3, -0.25) is 4.79 Å². The molecular formula is C12H13Cl2NO. The summed E-state index contributed by atoms with van der Waals surface area (Å²) in [6.45, 7) is 0. The van der Waals surface area contributed by atoms with E-state index in [2.05, 4.69) is 5.32 Å². The first-order valence-corrected chi connectivity index (χ1v) is 6.16. The lowest BCUT2D eigenvalue weighted by Crippen LogP contribution is -2.20. The number of halogens is 2. The van der Waals surface area contributed by atoms with Crippen LogP contribution in [-0.2, 0) is 4.79 Å². The van der Waals surface area contributed by atoms with Crippen LogP contribution in [0.2, 0.25) is 10.0 Å². The maximum absolute atomic E-state index is 11.7. The molecule has 0 spiro atoms.